The van der Waals surface area contributed by atoms with Crippen molar-refractivity contribution in [3.05, 3.63) is 23.6 Å². The highest BCUT2D eigenvalue weighted by molar-refractivity contribution is 6.40. The number of Topliss-reactive ketones (excluding diaryl/α,β-unsaturated/α-hetero) is 1. The molecule has 1 fully saturated rings. The van der Waals surface area contributed by atoms with E-state index in [4.69, 9.17) is 4.74 Å². The Morgan fingerprint density at radius 3 is 3.00 bits per heavy atom. The van der Waals surface area contributed by atoms with Crippen LogP contribution < -0.4 is 5.32 Å². The number of amides is 1. The number of allylic oxidation sites excluding steroid dienone is 3. The van der Waals surface area contributed by atoms with Crippen LogP contribution in [0.2, 0.25) is 0 Å². The Bertz CT molecular complexity index is 341. The SMILES string of the molecule is COC1=C2NC(=O)C(=O)C2CC=C1. The van der Waals surface area contributed by atoms with Gasteiger partial charge in [-0.3, -0.25) is 9.59 Å². The summed E-state index contributed by atoms with van der Waals surface area (Å²) in [6.45, 7) is 0. The molecular formula is C9H9NO3. The van der Waals surface area contributed by atoms with Crippen LogP contribution in [0.25, 0.3) is 0 Å². The Kier molecular flexibility index (Phi) is 1.69. The Labute approximate surface area is 75.3 Å². The van der Waals surface area contributed by atoms with E-state index in [2.05, 4.69) is 5.32 Å². The molecule has 1 heterocycles. The number of fused-ring (bicyclic) bond motifs is 1. The van der Waals surface area contributed by atoms with Gasteiger partial charge >= 0.3 is 0 Å². The number of ether oxygens (including phenoxy) is 1. The molecule has 1 amide bonds. The molecule has 0 spiro atoms. The largest absolute Gasteiger partial charge is 0.495 e. The number of nitrogens with one attached hydrogen (secondary N) is 1. The standard InChI is InChI=1S/C9H9NO3/c1-13-6-4-2-3-5-7(6)10-9(12)8(5)11/h2,4-5H,3H2,1H3,(H,10,12). The minimum atomic E-state index is -0.529. The fourth-order valence-corrected chi connectivity index (χ4v) is 1.60. The van der Waals surface area contributed by atoms with Gasteiger partial charge in [0.15, 0.2) is 0 Å². The Morgan fingerprint density at radius 1 is 1.54 bits per heavy atom. The predicted molar refractivity (Wildman–Crippen MR) is 44.4 cm³/mol. The summed E-state index contributed by atoms with van der Waals surface area (Å²) in [4.78, 5) is 22.3. The third-order valence-corrected chi connectivity index (χ3v) is 2.26. The summed E-state index contributed by atoms with van der Waals surface area (Å²) in [6.07, 6.45) is 4.19. The molecule has 0 bridgehead atoms. The second-order valence-electron chi connectivity index (χ2n) is 2.99. The molecule has 1 aliphatic carbocycles. The number of carbonyl (C=O) groups is 2. The number of hydrogen-bond donors (Lipinski definition) is 1. The number of rotatable bonds is 1. The smallest absolute Gasteiger partial charge is 0.292 e. The number of carbonyl (C=O) groups excluding carboxylic acids is 2. The van der Waals surface area contributed by atoms with Crippen LogP contribution in [0.3, 0.4) is 0 Å². The van der Waals surface area contributed by atoms with Crippen LogP contribution in [-0.2, 0) is 14.3 Å². The lowest BCUT2D eigenvalue weighted by Crippen LogP contribution is -2.18. The lowest BCUT2D eigenvalue weighted by atomic mass is 9.95. The van der Waals surface area contributed by atoms with Crippen molar-refractivity contribution in [2.75, 3.05) is 7.11 Å². The second-order valence-corrected chi connectivity index (χ2v) is 2.99. The Balaban J connectivity index is 2.42. The normalized spacial score (nSPS) is 26.1. The van der Waals surface area contributed by atoms with Gasteiger partial charge in [-0.15, -0.1) is 0 Å². The maximum Gasteiger partial charge on any atom is 0.292 e. The molecule has 4 heteroatoms. The predicted octanol–water partition coefficient (Wildman–Crippen LogP) is 0.119. The van der Waals surface area contributed by atoms with Crippen molar-refractivity contribution < 1.29 is 14.3 Å². The van der Waals surface area contributed by atoms with Crippen molar-refractivity contribution in [1.29, 1.82) is 0 Å². The molecule has 1 atom stereocenters. The third-order valence-electron chi connectivity index (χ3n) is 2.26. The van der Waals surface area contributed by atoms with E-state index in [-0.39, 0.29) is 11.7 Å². The fourth-order valence-electron chi connectivity index (χ4n) is 1.60. The van der Waals surface area contributed by atoms with Gasteiger partial charge in [0.1, 0.15) is 5.76 Å². The minimum Gasteiger partial charge on any atom is -0.495 e. The minimum absolute atomic E-state index is 0.340. The highest BCUT2D eigenvalue weighted by Crippen LogP contribution is 2.28. The summed E-state index contributed by atoms with van der Waals surface area (Å²) in [5.41, 5.74) is 0.611. The number of ketones is 1. The summed E-state index contributed by atoms with van der Waals surface area (Å²) >= 11 is 0. The molecule has 1 N–H and O–H groups in total. The average molecular weight is 179 g/mol. The summed E-state index contributed by atoms with van der Waals surface area (Å²) in [5.74, 6) is -0.657. The van der Waals surface area contributed by atoms with E-state index in [1.54, 1.807) is 6.08 Å². The molecule has 1 saturated heterocycles. The van der Waals surface area contributed by atoms with Crippen LogP contribution in [0.15, 0.2) is 23.6 Å². The molecule has 1 unspecified atom stereocenters. The maximum atomic E-state index is 11.3. The van der Waals surface area contributed by atoms with Gasteiger partial charge in [-0.05, 0) is 12.5 Å². The molecule has 0 aromatic heterocycles. The molecule has 0 saturated carbocycles. The van der Waals surface area contributed by atoms with E-state index in [1.165, 1.54) is 7.11 Å². The number of hydrogen-bond acceptors (Lipinski definition) is 3. The van der Waals surface area contributed by atoms with Crippen LogP contribution >= 0.6 is 0 Å². The first-order chi connectivity index (χ1) is 6.24. The van der Waals surface area contributed by atoms with Crippen molar-refractivity contribution in [2.45, 2.75) is 6.42 Å². The van der Waals surface area contributed by atoms with Crippen molar-refractivity contribution >= 4 is 11.7 Å². The van der Waals surface area contributed by atoms with E-state index in [1.807, 2.05) is 6.08 Å². The van der Waals surface area contributed by atoms with Crippen molar-refractivity contribution in [2.24, 2.45) is 5.92 Å². The van der Waals surface area contributed by atoms with Gasteiger partial charge in [0.05, 0.1) is 18.7 Å². The molecule has 68 valence electrons. The molecule has 4 nitrogen and oxygen atoms in total. The van der Waals surface area contributed by atoms with E-state index >= 15 is 0 Å². The van der Waals surface area contributed by atoms with Gasteiger partial charge in [-0.1, -0.05) is 6.08 Å². The molecule has 1 aliphatic heterocycles. The summed E-state index contributed by atoms with van der Waals surface area (Å²) in [7, 11) is 1.52. The lowest BCUT2D eigenvalue weighted by molar-refractivity contribution is -0.136. The van der Waals surface area contributed by atoms with Gasteiger partial charge in [0.25, 0.3) is 5.91 Å². The van der Waals surface area contributed by atoms with Crippen LogP contribution in [0.1, 0.15) is 6.42 Å². The molecular weight excluding hydrogens is 170 g/mol. The maximum absolute atomic E-state index is 11.3. The van der Waals surface area contributed by atoms with Gasteiger partial charge in [0.2, 0.25) is 5.78 Å². The highest BCUT2D eigenvalue weighted by atomic mass is 16.5. The first-order valence-corrected chi connectivity index (χ1v) is 4.04. The van der Waals surface area contributed by atoms with Crippen molar-refractivity contribution in [3.63, 3.8) is 0 Å². The zero-order valence-electron chi connectivity index (χ0n) is 7.16. The molecule has 2 aliphatic rings. The zero-order valence-corrected chi connectivity index (χ0v) is 7.16. The van der Waals surface area contributed by atoms with E-state index in [9.17, 15) is 9.59 Å². The topological polar surface area (TPSA) is 55.4 Å². The van der Waals surface area contributed by atoms with Gasteiger partial charge in [-0.25, -0.2) is 0 Å². The number of methoxy groups -OCH3 is 1. The molecule has 0 aromatic rings. The Hall–Kier alpha value is -1.58. The van der Waals surface area contributed by atoms with Crippen molar-refractivity contribution in [3.8, 4) is 0 Å². The lowest BCUT2D eigenvalue weighted by Gasteiger charge is -2.14. The molecule has 13 heavy (non-hydrogen) atoms. The summed E-state index contributed by atoms with van der Waals surface area (Å²) in [5, 5.41) is 2.52. The van der Waals surface area contributed by atoms with E-state index in [0.29, 0.717) is 17.9 Å². The van der Waals surface area contributed by atoms with Gasteiger partial charge in [-0.2, -0.15) is 0 Å². The Morgan fingerprint density at radius 2 is 2.31 bits per heavy atom. The monoisotopic (exact) mass is 179 g/mol. The van der Waals surface area contributed by atoms with Crippen LogP contribution in [0, 0.1) is 5.92 Å². The van der Waals surface area contributed by atoms with Crippen LogP contribution in [0.5, 0.6) is 0 Å². The first kappa shape index (κ1) is 8.04. The van der Waals surface area contributed by atoms with Crippen LogP contribution in [0.4, 0.5) is 0 Å². The molecule has 0 aromatic carbocycles. The van der Waals surface area contributed by atoms with Gasteiger partial charge in [0, 0.05) is 0 Å². The van der Waals surface area contributed by atoms with Crippen LogP contribution in [-0.4, -0.2) is 18.8 Å². The molecule has 0 radical (unpaired) electrons. The fraction of sp³-hybridized carbons (Fsp3) is 0.333. The highest BCUT2D eigenvalue weighted by Gasteiger charge is 2.39. The first-order valence-electron chi connectivity index (χ1n) is 4.04. The van der Waals surface area contributed by atoms with E-state index < -0.39 is 5.91 Å². The average Bonchev–Trinajstić information content (AvgIpc) is 2.43. The summed E-state index contributed by atoms with van der Waals surface area (Å²) < 4.78 is 5.03. The quantitative estimate of drug-likeness (QED) is 0.581. The zero-order chi connectivity index (χ0) is 9.42. The van der Waals surface area contributed by atoms with Crippen molar-refractivity contribution in [1.82, 2.24) is 5.32 Å². The third kappa shape index (κ3) is 1.06. The van der Waals surface area contributed by atoms with E-state index in [0.717, 1.165) is 0 Å². The molecule has 2 rings (SSSR count). The summed E-state index contributed by atoms with van der Waals surface area (Å²) in [6, 6.07) is 0. The van der Waals surface area contributed by atoms with Gasteiger partial charge < -0.3 is 10.1 Å². The second kappa shape index (κ2) is 2.73.